The maximum Gasteiger partial charge on any atom is 0.325 e. The molecule has 1 heterocycles. The van der Waals surface area contributed by atoms with Gasteiger partial charge in [-0.05, 0) is 43.3 Å². The molecule has 138 valence electrons. The molecule has 0 radical (unpaired) electrons. The Kier molecular flexibility index (Phi) is 5.57. The largest absolute Gasteiger partial charge is 0.494 e. The molecule has 0 aliphatic heterocycles. The monoisotopic (exact) mass is 385 g/mol. The number of carbonyl (C=O) groups is 1. The van der Waals surface area contributed by atoms with E-state index < -0.39 is 11.0 Å². The summed E-state index contributed by atoms with van der Waals surface area (Å²) in [4.78, 5) is 22.3. The van der Waals surface area contributed by atoms with Crippen LogP contribution < -0.4 is 15.4 Å². The molecule has 2 N–H and O–H groups in total. The summed E-state index contributed by atoms with van der Waals surface area (Å²) in [5.41, 5.74) is 1.28. The molecule has 3 aromatic rings. The minimum absolute atomic E-state index is 0.00338. The lowest BCUT2D eigenvalue weighted by Crippen LogP contribution is -2.19. The standard InChI is InChI=1S/C17H15N5O4S/c1-2-26-14-9-5-12(6-10-14)18-16(23)19-17-21-20-15(27-17)11-3-7-13(8-4-11)22(24)25/h3-10H,2H2,1H3,(H2,18,19,21,23). The summed E-state index contributed by atoms with van der Waals surface area (Å²) < 4.78 is 5.34. The van der Waals surface area contributed by atoms with Crippen molar-refractivity contribution in [2.24, 2.45) is 0 Å². The molecule has 0 saturated heterocycles. The van der Waals surface area contributed by atoms with Gasteiger partial charge in [-0.15, -0.1) is 10.2 Å². The lowest BCUT2D eigenvalue weighted by molar-refractivity contribution is -0.384. The van der Waals surface area contributed by atoms with Gasteiger partial charge in [-0.3, -0.25) is 15.4 Å². The molecule has 9 nitrogen and oxygen atoms in total. The van der Waals surface area contributed by atoms with Crippen LogP contribution in [0.25, 0.3) is 10.6 Å². The smallest absolute Gasteiger partial charge is 0.325 e. The first kappa shape index (κ1) is 18.3. The number of urea groups is 1. The first-order valence-electron chi connectivity index (χ1n) is 7.94. The van der Waals surface area contributed by atoms with Gasteiger partial charge in [0.15, 0.2) is 0 Å². The summed E-state index contributed by atoms with van der Waals surface area (Å²) in [5, 5.41) is 24.7. The fourth-order valence-corrected chi connectivity index (χ4v) is 2.92. The van der Waals surface area contributed by atoms with E-state index in [1.54, 1.807) is 36.4 Å². The minimum atomic E-state index is -0.470. The Labute approximate surface area is 158 Å². The summed E-state index contributed by atoms with van der Waals surface area (Å²) in [6.45, 7) is 2.47. The predicted molar refractivity (Wildman–Crippen MR) is 102 cm³/mol. The van der Waals surface area contributed by atoms with Crippen LogP contribution in [0.5, 0.6) is 5.75 Å². The van der Waals surface area contributed by atoms with Crippen molar-refractivity contribution in [3.63, 3.8) is 0 Å². The van der Waals surface area contributed by atoms with Crippen molar-refractivity contribution in [2.75, 3.05) is 17.2 Å². The van der Waals surface area contributed by atoms with Crippen molar-refractivity contribution in [2.45, 2.75) is 6.92 Å². The van der Waals surface area contributed by atoms with Crippen LogP contribution in [-0.4, -0.2) is 27.8 Å². The second-order valence-electron chi connectivity index (χ2n) is 5.25. The topological polar surface area (TPSA) is 119 Å². The average molecular weight is 385 g/mol. The van der Waals surface area contributed by atoms with Crippen LogP contribution in [0.15, 0.2) is 48.5 Å². The van der Waals surface area contributed by atoms with Crippen LogP contribution in [-0.2, 0) is 0 Å². The number of nitro groups is 1. The van der Waals surface area contributed by atoms with Crippen LogP contribution in [0.4, 0.5) is 21.3 Å². The number of hydrogen-bond donors (Lipinski definition) is 2. The second-order valence-corrected chi connectivity index (χ2v) is 6.23. The van der Waals surface area contributed by atoms with Gasteiger partial charge in [-0.25, -0.2) is 4.79 Å². The highest BCUT2D eigenvalue weighted by molar-refractivity contribution is 7.18. The molecule has 1 aromatic heterocycles. The summed E-state index contributed by atoms with van der Waals surface area (Å²) in [7, 11) is 0. The number of rotatable bonds is 6. The third-order valence-corrected chi connectivity index (χ3v) is 4.28. The van der Waals surface area contributed by atoms with Gasteiger partial charge < -0.3 is 10.1 Å². The molecule has 0 bridgehead atoms. The Hall–Kier alpha value is -3.53. The summed E-state index contributed by atoms with van der Waals surface area (Å²) in [6, 6.07) is 12.5. The van der Waals surface area contributed by atoms with E-state index >= 15 is 0 Å². The number of non-ortho nitro benzene ring substituents is 1. The first-order valence-corrected chi connectivity index (χ1v) is 8.76. The number of aromatic nitrogens is 2. The fraction of sp³-hybridized carbons (Fsp3) is 0.118. The summed E-state index contributed by atoms with van der Waals surface area (Å²) >= 11 is 1.16. The molecular formula is C17H15N5O4S. The molecule has 0 unspecified atom stereocenters. The average Bonchev–Trinajstić information content (AvgIpc) is 3.12. The maximum atomic E-state index is 12.1. The molecule has 0 saturated carbocycles. The molecule has 2 aromatic carbocycles. The normalized spacial score (nSPS) is 10.3. The van der Waals surface area contributed by atoms with Crippen molar-refractivity contribution in [1.29, 1.82) is 0 Å². The van der Waals surface area contributed by atoms with Crippen LogP contribution in [0.1, 0.15) is 6.92 Å². The van der Waals surface area contributed by atoms with Crippen molar-refractivity contribution < 1.29 is 14.5 Å². The molecule has 0 aliphatic carbocycles. The van der Waals surface area contributed by atoms with E-state index in [0.717, 1.165) is 17.1 Å². The molecular weight excluding hydrogens is 370 g/mol. The van der Waals surface area contributed by atoms with Crippen molar-refractivity contribution in [3.8, 4) is 16.3 Å². The highest BCUT2D eigenvalue weighted by Gasteiger charge is 2.11. The number of nitro benzene ring substituents is 1. The number of amides is 2. The van der Waals surface area contributed by atoms with Gasteiger partial charge in [-0.2, -0.15) is 0 Å². The van der Waals surface area contributed by atoms with Gasteiger partial charge >= 0.3 is 6.03 Å². The molecule has 2 amide bonds. The lowest BCUT2D eigenvalue weighted by Gasteiger charge is -2.06. The highest BCUT2D eigenvalue weighted by Crippen LogP contribution is 2.27. The molecule has 0 atom stereocenters. The number of nitrogens with zero attached hydrogens (tertiary/aromatic N) is 3. The second kappa shape index (κ2) is 8.23. The molecule has 10 heteroatoms. The highest BCUT2D eigenvalue weighted by atomic mass is 32.1. The lowest BCUT2D eigenvalue weighted by atomic mass is 10.2. The SMILES string of the molecule is CCOc1ccc(NC(=O)Nc2nnc(-c3ccc([N+](=O)[O-])cc3)s2)cc1. The van der Waals surface area contributed by atoms with Gasteiger partial charge in [0.05, 0.1) is 11.5 Å². The number of hydrogen-bond acceptors (Lipinski definition) is 7. The number of carbonyl (C=O) groups excluding carboxylic acids is 1. The molecule has 0 aliphatic rings. The number of ether oxygens (including phenoxy) is 1. The molecule has 0 fully saturated rings. The zero-order chi connectivity index (χ0) is 19.2. The van der Waals surface area contributed by atoms with E-state index in [0.29, 0.717) is 28.0 Å². The third-order valence-electron chi connectivity index (χ3n) is 3.39. The van der Waals surface area contributed by atoms with E-state index in [1.165, 1.54) is 12.1 Å². The number of anilines is 2. The van der Waals surface area contributed by atoms with Gasteiger partial charge in [0.1, 0.15) is 10.8 Å². The van der Waals surface area contributed by atoms with E-state index in [-0.39, 0.29) is 5.69 Å². The predicted octanol–water partition coefficient (Wildman–Crippen LogP) is 4.16. The van der Waals surface area contributed by atoms with E-state index in [4.69, 9.17) is 4.74 Å². The number of nitrogens with one attached hydrogen (secondary N) is 2. The van der Waals surface area contributed by atoms with E-state index in [1.807, 2.05) is 6.92 Å². The fourth-order valence-electron chi connectivity index (χ4n) is 2.18. The van der Waals surface area contributed by atoms with Crippen LogP contribution in [0.2, 0.25) is 0 Å². The number of benzene rings is 2. The Balaban J connectivity index is 1.61. The Morgan fingerprint density at radius 1 is 1.11 bits per heavy atom. The van der Waals surface area contributed by atoms with E-state index in [9.17, 15) is 14.9 Å². The van der Waals surface area contributed by atoms with Crippen molar-refractivity contribution in [1.82, 2.24) is 10.2 Å². The third kappa shape index (κ3) is 4.76. The minimum Gasteiger partial charge on any atom is -0.494 e. The van der Waals surface area contributed by atoms with Gasteiger partial charge in [0, 0.05) is 23.4 Å². The summed E-state index contributed by atoms with van der Waals surface area (Å²) in [5.74, 6) is 0.723. The molecule has 0 spiro atoms. The van der Waals surface area contributed by atoms with Crippen molar-refractivity contribution >= 4 is 33.9 Å². The van der Waals surface area contributed by atoms with Crippen molar-refractivity contribution in [3.05, 3.63) is 58.6 Å². The maximum absolute atomic E-state index is 12.1. The first-order chi connectivity index (χ1) is 13.0. The van der Waals surface area contributed by atoms with E-state index in [2.05, 4.69) is 20.8 Å². The van der Waals surface area contributed by atoms with Gasteiger partial charge in [0.2, 0.25) is 5.13 Å². The van der Waals surface area contributed by atoms with Crippen LogP contribution >= 0.6 is 11.3 Å². The zero-order valence-corrected chi connectivity index (χ0v) is 15.0. The van der Waals surface area contributed by atoms with Gasteiger partial charge in [-0.1, -0.05) is 11.3 Å². The Bertz CT molecular complexity index is 941. The van der Waals surface area contributed by atoms with Crippen LogP contribution in [0.3, 0.4) is 0 Å². The Morgan fingerprint density at radius 3 is 2.44 bits per heavy atom. The van der Waals surface area contributed by atoms with Crippen LogP contribution in [0, 0.1) is 10.1 Å². The van der Waals surface area contributed by atoms with Gasteiger partial charge in [0.25, 0.3) is 5.69 Å². The molecule has 3 rings (SSSR count). The summed E-state index contributed by atoms with van der Waals surface area (Å²) in [6.07, 6.45) is 0. The molecule has 27 heavy (non-hydrogen) atoms. The Morgan fingerprint density at radius 2 is 1.81 bits per heavy atom. The quantitative estimate of drug-likeness (QED) is 0.486. The zero-order valence-electron chi connectivity index (χ0n) is 14.2.